The van der Waals surface area contributed by atoms with E-state index in [4.69, 9.17) is 27.9 Å². The normalized spacial score (nSPS) is 15.3. The van der Waals surface area contributed by atoms with Gasteiger partial charge < -0.3 is 4.74 Å². The average molecular weight is 535 g/mol. The molecule has 0 saturated carbocycles. The van der Waals surface area contributed by atoms with Crippen molar-refractivity contribution >= 4 is 52.8 Å². The lowest BCUT2D eigenvalue weighted by Crippen LogP contribution is -2.54. The van der Waals surface area contributed by atoms with Crippen LogP contribution in [0.4, 0.5) is 23.7 Å². The van der Waals surface area contributed by atoms with E-state index in [0.29, 0.717) is 33.4 Å². The fourth-order valence-electron chi connectivity index (χ4n) is 3.41. The summed E-state index contributed by atoms with van der Waals surface area (Å²) in [7, 11) is 0. The molecule has 184 valence electrons. The van der Waals surface area contributed by atoms with E-state index < -0.39 is 40.8 Å². The van der Waals surface area contributed by atoms with E-state index in [0.717, 1.165) is 11.6 Å². The molecule has 1 aliphatic rings. The molecule has 0 radical (unpaired) electrons. The first-order valence-corrected chi connectivity index (χ1v) is 11.0. The third kappa shape index (κ3) is 5.37. The second-order valence-electron chi connectivity index (χ2n) is 7.58. The number of rotatable bonds is 5. The largest absolute Gasteiger partial charge is 0.488 e. The van der Waals surface area contributed by atoms with Gasteiger partial charge in [-0.3, -0.25) is 14.9 Å². The third-order valence-electron chi connectivity index (χ3n) is 5.12. The van der Waals surface area contributed by atoms with Crippen molar-refractivity contribution in [1.29, 1.82) is 0 Å². The van der Waals surface area contributed by atoms with Gasteiger partial charge in [0.1, 0.15) is 17.9 Å². The number of benzene rings is 3. The molecule has 36 heavy (non-hydrogen) atoms. The first kappa shape index (κ1) is 25.3. The van der Waals surface area contributed by atoms with E-state index in [1.54, 1.807) is 48.5 Å². The molecule has 11 heteroatoms. The maximum Gasteiger partial charge on any atom is 0.416 e. The van der Waals surface area contributed by atoms with Crippen molar-refractivity contribution in [3.63, 3.8) is 0 Å². The number of nitrogens with zero attached hydrogens (tertiary/aromatic N) is 1. The number of para-hydroxylation sites is 1. The van der Waals surface area contributed by atoms with Crippen LogP contribution in [0.3, 0.4) is 0 Å². The number of imide groups is 2. The smallest absolute Gasteiger partial charge is 0.416 e. The summed E-state index contributed by atoms with van der Waals surface area (Å²) in [6.45, 7) is 0.130. The van der Waals surface area contributed by atoms with Gasteiger partial charge in [0, 0.05) is 10.6 Å². The van der Waals surface area contributed by atoms with Crippen molar-refractivity contribution < 1.29 is 32.3 Å². The SMILES string of the molecule is O=C1NC(=O)N(c2cc(C(F)(F)F)ccc2Cl)C(=O)/C1=C\c1ccccc1OCc1cccc(Cl)c1. The van der Waals surface area contributed by atoms with Crippen LogP contribution in [-0.4, -0.2) is 17.8 Å². The van der Waals surface area contributed by atoms with Gasteiger partial charge in [0.2, 0.25) is 0 Å². The van der Waals surface area contributed by atoms with Crippen LogP contribution < -0.4 is 15.0 Å². The van der Waals surface area contributed by atoms with Crippen LogP contribution in [0.2, 0.25) is 10.0 Å². The topological polar surface area (TPSA) is 75.7 Å². The Morgan fingerprint density at radius 3 is 2.42 bits per heavy atom. The molecule has 1 fully saturated rings. The Labute approximate surface area is 212 Å². The Kier molecular flexibility index (Phi) is 7.05. The molecule has 0 bridgehead atoms. The van der Waals surface area contributed by atoms with Gasteiger partial charge in [-0.1, -0.05) is 53.5 Å². The van der Waals surface area contributed by atoms with Gasteiger partial charge in [-0.25, -0.2) is 9.69 Å². The van der Waals surface area contributed by atoms with Crippen molar-refractivity contribution in [2.45, 2.75) is 12.8 Å². The highest BCUT2D eigenvalue weighted by molar-refractivity contribution is 6.42. The first-order chi connectivity index (χ1) is 17.0. The van der Waals surface area contributed by atoms with Gasteiger partial charge in [-0.05, 0) is 48.0 Å². The highest BCUT2D eigenvalue weighted by Gasteiger charge is 2.39. The molecule has 1 saturated heterocycles. The van der Waals surface area contributed by atoms with Gasteiger partial charge in [-0.2, -0.15) is 13.2 Å². The van der Waals surface area contributed by atoms with E-state index in [9.17, 15) is 27.6 Å². The summed E-state index contributed by atoms with van der Waals surface area (Å²) in [5.41, 5.74) is -1.04. The van der Waals surface area contributed by atoms with Crippen molar-refractivity contribution in [1.82, 2.24) is 5.32 Å². The number of urea groups is 1. The van der Waals surface area contributed by atoms with Crippen LogP contribution in [0.15, 0.2) is 72.3 Å². The van der Waals surface area contributed by atoms with Crippen molar-refractivity contribution in [2.75, 3.05) is 4.90 Å². The van der Waals surface area contributed by atoms with Crippen LogP contribution in [0.1, 0.15) is 16.7 Å². The molecule has 0 aromatic heterocycles. The zero-order chi connectivity index (χ0) is 26.0. The van der Waals surface area contributed by atoms with Crippen molar-refractivity contribution in [3.05, 3.63) is 99.0 Å². The number of anilines is 1. The maximum absolute atomic E-state index is 13.2. The molecule has 4 amide bonds. The molecular weight excluding hydrogens is 520 g/mol. The lowest BCUT2D eigenvalue weighted by Gasteiger charge is -2.27. The fraction of sp³-hybridized carbons (Fsp3) is 0.0800. The predicted octanol–water partition coefficient (Wildman–Crippen LogP) is 6.26. The minimum atomic E-state index is -4.75. The molecule has 0 aliphatic carbocycles. The number of hydrogen-bond acceptors (Lipinski definition) is 4. The molecule has 3 aromatic carbocycles. The van der Waals surface area contributed by atoms with Crippen LogP contribution in [-0.2, 0) is 22.4 Å². The minimum Gasteiger partial charge on any atom is -0.488 e. The Balaban J connectivity index is 1.68. The van der Waals surface area contributed by atoms with Crippen LogP contribution in [0.25, 0.3) is 6.08 Å². The molecule has 0 unspecified atom stereocenters. The van der Waals surface area contributed by atoms with Crippen molar-refractivity contribution in [2.24, 2.45) is 0 Å². The molecular formula is C25H15Cl2F3N2O4. The van der Waals surface area contributed by atoms with Gasteiger partial charge in [0.05, 0.1) is 16.3 Å². The fourth-order valence-corrected chi connectivity index (χ4v) is 3.83. The van der Waals surface area contributed by atoms with E-state index in [1.165, 1.54) is 6.08 Å². The van der Waals surface area contributed by atoms with Gasteiger partial charge in [0.15, 0.2) is 0 Å². The summed E-state index contributed by atoms with van der Waals surface area (Å²) in [4.78, 5) is 38.5. The Morgan fingerprint density at radius 2 is 1.69 bits per heavy atom. The highest BCUT2D eigenvalue weighted by Crippen LogP contribution is 2.37. The maximum atomic E-state index is 13.2. The van der Waals surface area contributed by atoms with E-state index >= 15 is 0 Å². The molecule has 4 rings (SSSR count). The van der Waals surface area contributed by atoms with Crippen LogP contribution in [0, 0.1) is 0 Å². The lowest BCUT2D eigenvalue weighted by molar-refractivity contribution is -0.137. The molecule has 1 aliphatic heterocycles. The monoisotopic (exact) mass is 534 g/mol. The van der Waals surface area contributed by atoms with Gasteiger partial charge in [0.25, 0.3) is 11.8 Å². The minimum absolute atomic E-state index is 0.130. The first-order valence-electron chi connectivity index (χ1n) is 10.3. The molecule has 0 atom stereocenters. The standard InChI is InChI=1S/C25H15Cl2F3N2O4/c26-17-6-3-4-14(10-17)13-36-21-7-2-1-5-15(21)11-18-22(33)31-24(35)32(23(18)34)20-12-16(25(28,29)30)8-9-19(20)27/h1-12H,13H2,(H,31,33,35)/b18-11-. The number of barbiturate groups is 1. The Morgan fingerprint density at radius 1 is 0.944 bits per heavy atom. The number of halogens is 5. The molecule has 6 nitrogen and oxygen atoms in total. The summed E-state index contributed by atoms with van der Waals surface area (Å²) in [5.74, 6) is -1.85. The van der Waals surface area contributed by atoms with Crippen LogP contribution >= 0.6 is 23.2 Å². The molecule has 0 spiro atoms. The lowest BCUT2D eigenvalue weighted by atomic mass is 10.1. The third-order valence-corrected chi connectivity index (χ3v) is 5.67. The number of alkyl halides is 3. The zero-order valence-electron chi connectivity index (χ0n) is 18.1. The number of hydrogen-bond donors (Lipinski definition) is 1. The number of nitrogens with one attached hydrogen (secondary N) is 1. The second-order valence-corrected chi connectivity index (χ2v) is 8.42. The Hall–Kier alpha value is -3.82. The van der Waals surface area contributed by atoms with Crippen molar-refractivity contribution in [3.8, 4) is 5.75 Å². The predicted molar refractivity (Wildman–Crippen MR) is 128 cm³/mol. The average Bonchev–Trinajstić information content (AvgIpc) is 2.81. The number of carbonyl (C=O) groups excluding carboxylic acids is 3. The highest BCUT2D eigenvalue weighted by atomic mass is 35.5. The molecule has 1 N–H and O–H groups in total. The summed E-state index contributed by atoms with van der Waals surface area (Å²) < 4.78 is 45.5. The number of carbonyl (C=O) groups is 3. The van der Waals surface area contributed by atoms with Gasteiger partial charge >= 0.3 is 12.2 Å². The summed E-state index contributed by atoms with van der Waals surface area (Å²) in [5, 5.41) is 2.20. The van der Waals surface area contributed by atoms with E-state index in [-0.39, 0.29) is 11.6 Å². The quantitative estimate of drug-likeness (QED) is 0.309. The van der Waals surface area contributed by atoms with Gasteiger partial charge in [-0.15, -0.1) is 0 Å². The zero-order valence-corrected chi connectivity index (χ0v) is 19.6. The van der Waals surface area contributed by atoms with E-state index in [2.05, 4.69) is 0 Å². The number of ether oxygens (including phenoxy) is 1. The van der Waals surface area contributed by atoms with Crippen LogP contribution in [0.5, 0.6) is 5.75 Å². The van der Waals surface area contributed by atoms with E-state index in [1.807, 2.05) is 5.32 Å². The molecule has 3 aromatic rings. The number of amides is 4. The second kappa shape index (κ2) is 10.0. The molecule has 1 heterocycles. The summed E-state index contributed by atoms with van der Waals surface area (Å²) in [6.07, 6.45) is -3.56. The Bertz CT molecular complexity index is 1410. The summed E-state index contributed by atoms with van der Waals surface area (Å²) in [6, 6.07) is 14.4. The summed E-state index contributed by atoms with van der Waals surface area (Å²) >= 11 is 12.0.